The van der Waals surface area contributed by atoms with Crippen molar-refractivity contribution >= 4 is 38.3 Å². The summed E-state index contributed by atoms with van der Waals surface area (Å²) in [6.07, 6.45) is 0. The molecule has 0 heterocycles. The van der Waals surface area contributed by atoms with E-state index in [0.29, 0.717) is 13.2 Å². The van der Waals surface area contributed by atoms with Gasteiger partial charge in [0.1, 0.15) is 0 Å². The Bertz CT molecular complexity index is 71.0. The van der Waals surface area contributed by atoms with Crippen molar-refractivity contribution in [3.63, 3.8) is 0 Å². The van der Waals surface area contributed by atoms with E-state index in [9.17, 15) is 0 Å². The minimum atomic E-state index is -2.53. The van der Waals surface area contributed by atoms with Crippen LogP contribution in [-0.2, 0) is 7.53 Å². The van der Waals surface area contributed by atoms with Gasteiger partial charge in [0.2, 0.25) is 0 Å². The van der Waals surface area contributed by atoms with Gasteiger partial charge in [-0.2, -0.15) is 0 Å². The molecule has 0 aliphatic carbocycles. The zero-order valence-corrected chi connectivity index (χ0v) is 10.8. The van der Waals surface area contributed by atoms with E-state index >= 15 is 0 Å². The molecule has 0 bridgehead atoms. The Hall–Kier alpha value is 1.42. The van der Waals surface area contributed by atoms with E-state index in [4.69, 9.17) is 7.53 Å². The maximum atomic E-state index is 5.27. The summed E-state index contributed by atoms with van der Waals surface area (Å²) in [5.74, 6) is 0. The van der Waals surface area contributed by atoms with Crippen LogP contribution in [0.5, 0.6) is 0 Å². The molecular weight excluding hydrogens is 312 g/mol. The van der Waals surface area contributed by atoms with Crippen molar-refractivity contribution in [2.45, 2.75) is 13.8 Å². The molecule has 0 unspecified atom stereocenters. The van der Waals surface area contributed by atoms with E-state index in [0.717, 1.165) is 0 Å². The molecule has 0 aromatic carbocycles. The monoisotopic (exact) mass is 322 g/mol. The van der Waals surface area contributed by atoms with Gasteiger partial charge in [0.15, 0.2) is 0 Å². The molecule has 0 fully saturated rings. The second kappa shape index (κ2) is 5.12. The molecule has 9 heavy (non-hydrogen) atoms. The first-order chi connectivity index (χ1) is 4.12. The standard InChI is InChI=1S/C4H10Br2GeO2/c1-3-8-7(5,6)9-4-2/h3-4H2,1-2H3. The fourth-order valence-electron chi connectivity index (χ4n) is 0.378. The number of halogens is 2. The fourth-order valence-corrected chi connectivity index (χ4v) is 6.72. The summed E-state index contributed by atoms with van der Waals surface area (Å²) in [5.41, 5.74) is 0. The van der Waals surface area contributed by atoms with E-state index in [2.05, 4.69) is 28.0 Å². The number of rotatable bonds is 4. The Morgan fingerprint density at radius 2 is 1.44 bits per heavy atom. The second-order valence-corrected chi connectivity index (χ2v) is 20.9. The van der Waals surface area contributed by atoms with Gasteiger partial charge in [-0.3, -0.25) is 0 Å². The Morgan fingerprint density at radius 3 is 1.67 bits per heavy atom. The van der Waals surface area contributed by atoms with Gasteiger partial charge in [0, 0.05) is 0 Å². The molecule has 2 nitrogen and oxygen atoms in total. The van der Waals surface area contributed by atoms with Crippen LogP contribution in [0, 0.1) is 0 Å². The van der Waals surface area contributed by atoms with Crippen molar-refractivity contribution in [2.75, 3.05) is 13.2 Å². The van der Waals surface area contributed by atoms with Crippen LogP contribution in [0.3, 0.4) is 0 Å². The van der Waals surface area contributed by atoms with E-state index in [1.54, 1.807) is 0 Å². The van der Waals surface area contributed by atoms with Gasteiger partial charge in [-0.05, 0) is 0 Å². The SMILES string of the molecule is CC[O][Ge]([Br])([Br])[O]CC. The van der Waals surface area contributed by atoms with Crippen molar-refractivity contribution in [1.82, 2.24) is 0 Å². The van der Waals surface area contributed by atoms with Crippen molar-refractivity contribution in [1.29, 1.82) is 0 Å². The summed E-state index contributed by atoms with van der Waals surface area (Å²) in [5, 5.41) is 0. The van der Waals surface area contributed by atoms with Gasteiger partial charge >= 0.3 is 72.9 Å². The topological polar surface area (TPSA) is 18.5 Å². The van der Waals surface area contributed by atoms with Crippen molar-refractivity contribution < 1.29 is 7.53 Å². The van der Waals surface area contributed by atoms with E-state index in [1.807, 2.05) is 13.8 Å². The van der Waals surface area contributed by atoms with Crippen LogP contribution < -0.4 is 0 Å². The number of hydrogen-bond acceptors (Lipinski definition) is 2. The first kappa shape index (κ1) is 10.4. The molecule has 0 saturated heterocycles. The Balaban J connectivity index is 3.43. The predicted octanol–water partition coefficient (Wildman–Crippen LogP) is 2.28. The van der Waals surface area contributed by atoms with E-state index in [-0.39, 0.29) is 0 Å². The summed E-state index contributed by atoms with van der Waals surface area (Å²) in [7, 11) is -2.53. The number of hydrogen-bond donors (Lipinski definition) is 0. The normalized spacial score (nSPS) is 12.0. The Labute approximate surface area is 72.6 Å². The Morgan fingerprint density at radius 1 is 1.11 bits per heavy atom. The molecule has 56 valence electrons. The summed E-state index contributed by atoms with van der Waals surface area (Å²) >= 11 is 6.72. The van der Waals surface area contributed by atoms with Crippen molar-refractivity contribution in [3.8, 4) is 0 Å². The average Bonchev–Trinajstić information content (AvgIpc) is 1.64. The molecule has 0 spiro atoms. The third-order valence-corrected chi connectivity index (χ3v) is 8.00. The average molecular weight is 323 g/mol. The minimum absolute atomic E-state index is 0.691. The molecule has 0 aliphatic heterocycles. The van der Waals surface area contributed by atoms with Crippen LogP contribution >= 0.6 is 28.0 Å². The summed E-state index contributed by atoms with van der Waals surface area (Å²) in [6, 6.07) is 0. The molecule has 5 heteroatoms. The maximum absolute atomic E-state index is 5.27. The molecule has 0 aliphatic rings. The molecule has 0 atom stereocenters. The molecule has 0 aromatic heterocycles. The molecule has 0 saturated carbocycles. The second-order valence-electron chi connectivity index (χ2n) is 1.33. The van der Waals surface area contributed by atoms with Gasteiger partial charge in [0.05, 0.1) is 0 Å². The summed E-state index contributed by atoms with van der Waals surface area (Å²) in [4.78, 5) is 0. The quantitative estimate of drug-likeness (QED) is 0.739. The fraction of sp³-hybridized carbons (Fsp3) is 1.00. The first-order valence-corrected chi connectivity index (χ1v) is 14.3. The van der Waals surface area contributed by atoms with E-state index < -0.39 is 10.3 Å². The molecule has 0 aromatic rings. The van der Waals surface area contributed by atoms with Gasteiger partial charge in [-0.1, -0.05) is 0 Å². The van der Waals surface area contributed by atoms with Crippen LogP contribution in [0.4, 0.5) is 0 Å². The summed E-state index contributed by atoms with van der Waals surface area (Å²) in [6.45, 7) is 5.27. The third kappa shape index (κ3) is 5.85. The van der Waals surface area contributed by atoms with Gasteiger partial charge < -0.3 is 0 Å². The molecule has 0 amide bonds. The molecule has 0 N–H and O–H groups in total. The third-order valence-electron chi connectivity index (χ3n) is 0.625. The molecule has 0 rings (SSSR count). The van der Waals surface area contributed by atoms with Crippen molar-refractivity contribution in [3.05, 3.63) is 0 Å². The zero-order chi connectivity index (χ0) is 7.33. The van der Waals surface area contributed by atoms with E-state index in [1.165, 1.54) is 0 Å². The van der Waals surface area contributed by atoms with Gasteiger partial charge in [0.25, 0.3) is 0 Å². The zero-order valence-electron chi connectivity index (χ0n) is 5.49. The predicted molar refractivity (Wildman–Crippen MR) is 46.9 cm³/mol. The molecular formula is C4H10Br2GeO2. The van der Waals surface area contributed by atoms with Gasteiger partial charge in [-0.15, -0.1) is 0 Å². The van der Waals surface area contributed by atoms with Crippen molar-refractivity contribution in [2.24, 2.45) is 0 Å². The van der Waals surface area contributed by atoms with Crippen LogP contribution in [-0.4, -0.2) is 23.5 Å². The molecule has 0 radical (unpaired) electrons. The van der Waals surface area contributed by atoms with Crippen LogP contribution in [0.15, 0.2) is 0 Å². The first-order valence-electron chi connectivity index (χ1n) is 2.78. The van der Waals surface area contributed by atoms with Crippen LogP contribution in [0.1, 0.15) is 13.8 Å². The summed E-state index contributed by atoms with van der Waals surface area (Å²) < 4.78 is 10.5. The van der Waals surface area contributed by atoms with Crippen LogP contribution in [0.25, 0.3) is 0 Å². The van der Waals surface area contributed by atoms with Gasteiger partial charge in [-0.25, -0.2) is 0 Å². The van der Waals surface area contributed by atoms with Crippen LogP contribution in [0.2, 0.25) is 0 Å². The Kier molecular flexibility index (Phi) is 5.93.